The van der Waals surface area contributed by atoms with Crippen molar-refractivity contribution in [3.8, 4) is 17.2 Å². The third kappa shape index (κ3) is 2.59. The van der Waals surface area contributed by atoms with Gasteiger partial charge in [0, 0.05) is 5.56 Å². The van der Waals surface area contributed by atoms with Gasteiger partial charge in [0.1, 0.15) is 0 Å². The Bertz CT molecular complexity index is 611. The fraction of sp³-hybridized carbons (Fsp3) is 0.0667. The molecular weight excluding hydrogens is 337 g/mol. The molecule has 0 radical (unpaired) electrons. The number of hydrogen-bond acceptors (Lipinski definition) is 2. The molecule has 2 aromatic carbocycles. The van der Waals surface area contributed by atoms with Crippen LogP contribution in [-0.2, 0) is 0 Å². The number of halogens is 1. The minimum absolute atomic E-state index is 0.121. The van der Waals surface area contributed by atoms with Crippen molar-refractivity contribution in [1.29, 1.82) is 5.26 Å². The van der Waals surface area contributed by atoms with Crippen molar-refractivity contribution in [1.82, 2.24) is 0 Å². The molecule has 0 aromatic heterocycles. The number of benzene rings is 2. The lowest BCUT2D eigenvalue weighted by Crippen LogP contribution is -2.02. The molecule has 0 fully saturated rings. The Morgan fingerprint density at radius 2 is 1.78 bits per heavy atom. The van der Waals surface area contributed by atoms with Gasteiger partial charge in [0.15, 0.2) is 5.78 Å². The van der Waals surface area contributed by atoms with Crippen molar-refractivity contribution in [2.75, 3.05) is 4.43 Å². The van der Waals surface area contributed by atoms with E-state index in [9.17, 15) is 4.79 Å². The Balaban J connectivity index is 2.50. The molecule has 0 amide bonds. The van der Waals surface area contributed by atoms with Gasteiger partial charge >= 0.3 is 0 Å². The summed E-state index contributed by atoms with van der Waals surface area (Å²) in [5, 5.41) is 8.77. The summed E-state index contributed by atoms with van der Waals surface area (Å²) in [6.45, 7) is 0. The molecular formula is C15H10INO. The Kier molecular flexibility index (Phi) is 4.11. The van der Waals surface area contributed by atoms with Crippen molar-refractivity contribution in [2.45, 2.75) is 0 Å². The van der Waals surface area contributed by atoms with Gasteiger partial charge in [0.05, 0.1) is 16.1 Å². The number of rotatable bonds is 3. The Morgan fingerprint density at radius 1 is 1.11 bits per heavy atom. The molecule has 0 saturated carbocycles. The van der Waals surface area contributed by atoms with Crippen LogP contribution in [0.1, 0.15) is 15.9 Å². The van der Waals surface area contributed by atoms with Crippen LogP contribution in [0.25, 0.3) is 11.1 Å². The van der Waals surface area contributed by atoms with Crippen molar-refractivity contribution < 1.29 is 4.79 Å². The summed E-state index contributed by atoms with van der Waals surface area (Å²) in [6, 6.07) is 16.9. The zero-order valence-electron chi connectivity index (χ0n) is 9.56. The number of nitrogens with zero attached hydrogens (tertiary/aromatic N) is 1. The molecule has 0 unspecified atom stereocenters. The van der Waals surface area contributed by atoms with E-state index in [1.807, 2.05) is 36.4 Å². The number of Topliss-reactive ketones (excluding diaryl/α,β-unsaturated/α-hetero) is 1. The monoisotopic (exact) mass is 347 g/mol. The zero-order valence-corrected chi connectivity index (χ0v) is 11.7. The summed E-state index contributed by atoms with van der Waals surface area (Å²) in [4.78, 5) is 11.9. The van der Waals surface area contributed by atoms with E-state index in [2.05, 4.69) is 28.7 Å². The van der Waals surface area contributed by atoms with Crippen LogP contribution in [0.15, 0.2) is 48.5 Å². The molecule has 2 rings (SSSR count). The number of carbonyl (C=O) groups excluding carboxylic acids is 1. The van der Waals surface area contributed by atoms with Crippen molar-refractivity contribution in [3.05, 3.63) is 59.7 Å². The predicted molar refractivity (Wildman–Crippen MR) is 79.8 cm³/mol. The summed E-state index contributed by atoms with van der Waals surface area (Å²) >= 11 is 2.07. The van der Waals surface area contributed by atoms with E-state index in [-0.39, 0.29) is 5.78 Å². The van der Waals surface area contributed by atoms with Gasteiger partial charge in [-0.25, -0.2) is 0 Å². The van der Waals surface area contributed by atoms with Gasteiger partial charge in [0.25, 0.3) is 0 Å². The second-order valence-electron chi connectivity index (χ2n) is 3.79. The zero-order chi connectivity index (χ0) is 13.0. The highest BCUT2D eigenvalue weighted by atomic mass is 127. The first kappa shape index (κ1) is 12.8. The molecule has 2 nitrogen and oxygen atoms in total. The van der Waals surface area contributed by atoms with Crippen molar-refractivity contribution >= 4 is 28.4 Å². The minimum atomic E-state index is 0.121. The second kappa shape index (κ2) is 5.78. The second-order valence-corrected chi connectivity index (χ2v) is 4.55. The van der Waals surface area contributed by atoms with E-state index < -0.39 is 0 Å². The molecule has 3 heteroatoms. The average molecular weight is 347 g/mol. The summed E-state index contributed by atoms with van der Waals surface area (Å²) in [5.74, 6) is 0.121. The number of alkyl halides is 1. The van der Waals surface area contributed by atoms with E-state index in [0.717, 1.165) is 16.7 Å². The highest BCUT2D eigenvalue weighted by Gasteiger charge is 2.10. The maximum Gasteiger partial charge on any atom is 0.173 e. The quantitative estimate of drug-likeness (QED) is 0.481. The molecule has 2 aromatic rings. The first-order chi connectivity index (χ1) is 8.76. The standard InChI is InChI=1S/C15H10INO/c16-9-15(18)14-4-2-1-3-13(14)12-7-5-11(10-17)6-8-12/h1-8H,9H2. The average Bonchev–Trinajstić information content (AvgIpc) is 2.46. The van der Waals surface area contributed by atoms with E-state index >= 15 is 0 Å². The van der Waals surface area contributed by atoms with E-state index in [4.69, 9.17) is 5.26 Å². The van der Waals surface area contributed by atoms with Gasteiger partial charge in [-0.15, -0.1) is 0 Å². The Hall–Kier alpha value is -1.67. The highest BCUT2D eigenvalue weighted by Crippen LogP contribution is 2.24. The molecule has 0 N–H and O–H groups in total. The predicted octanol–water partition coefficient (Wildman–Crippen LogP) is 3.84. The molecule has 18 heavy (non-hydrogen) atoms. The van der Waals surface area contributed by atoms with Gasteiger partial charge in [-0.3, -0.25) is 4.79 Å². The van der Waals surface area contributed by atoms with Crippen LogP contribution in [0.3, 0.4) is 0 Å². The Morgan fingerprint density at radius 3 is 2.39 bits per heavy atom. The normalized spacial score (nSPS) is 9.78. The van der Waals surface area contributed by atoms with Gasteiger partial charge in [-0.05, 0) is 23.3 Å². The van der Waals surface area contributed by atoms with Crippen LogP contribution < -0.4 is 0 Å². The lowest BCUT2D eigenvalue weighted by atomic mass is 9.97. The summed E-state index contributed by atoms with van der Waals surface area (Å²) in [7, 11) is 0. The van der Waals surface area contributed by atoms with Crippen LogP contribution in [-0.4, -0.2) is 10.2 Å². The van der Waals surface area contributed by atoms with E-state index in [1.54, 1.807) is 12.1 Å². The third-order valence-corrected chi connectivity index (χ3v) is 3.37. The number of nitriles is 1. The lowest BCUT2D eigenvalue weighted by Gasteiger charge is -2.07. The van der Waals surface area contributed by atoms with E-state index in [1.165, 1.54) is 0 Å². The molecule has 88 valence electrons. The smallest absolute Gasteiger partial charge is 0.173 e. The Labute approximate surface area is 119 Å². The van der Waals surface area contributed by atoms with Crippen LogP contribution in [0.4, 0.5) is 0 Å². The maximum atomic E-state index is 11.9. The molecule has 0 aliphatic rings. The summed E-state index contributed by atoms with van der Waals surface area (Å²) in [6.07, 6.45) is 0. The SMILES string of the molecule is N#Cc1ccc(-c2ccccc2C(=O)CI)cc1. The molecule has 0 heterocycles. The first-order valence-electron chi connectivity index (χ1n) is 5.45. The van der Waals surface area contributed by atoms with E-state index in [0.29, 0.717) is 9.99 Å². The number of carbonyl (C=O) groups is 1. The van der Waals surface area contributed by atoms with Crippen LogP contribution in [0, 0.1) is 11.3 Å². The lowest BCUT2D eigenvalue weighted by molar-refractivity contribution is 0.102. The number of ketones is 1. The van der Waals surface area contributed by atoms with Crippen LogP contribution >= 0.6 is 22.6 Å². The first-order valence-corrected chi connectivity index (χ1v) is 6.97. The van der Waals surface area contributed by atoms with Crippen molar-refractivity contribution in [3.63, 3.8) is 0 Å². The van der Waals surface area contributed by atoms with Crippen LogP contribution in [0.2, 0.25) is 0 Å². The summed E-state index contributed by atoms with van der Waals surface area (Å²) < 4.78 is 0.463. The van der Waals surface area contributed by atoms with Crippen LogP contribution in [0.5, 0.6) is 0 Å². The fourth-order valence-electron chi connectivity index (χ4n) is 1.77. The number of hydrogen-bond donors (Lipinski definition) is 0. The van der Waals surface area contributed by atoms with Gasteiger partial charge in [-0.2, -0.15) is 5.26 Å². The molecule has 0 atom stereocenters. The maximum absolute atomic E-state index is 11.9. The molecule has 0 aliphatic carbocycles. The molecule has 0 bridgehead atoms. The largest absolute Gasteiger partial charge is 0.293 e. The minimum Gasteiger partial charge on any atom is -0.293 e. The highest BCUT2D eigenvalue weighted by molar-refractivity contribution is 14.1. The van der Waals surface area contributed by atoms with Gasteiger partial charge < -0.3 is 0 Å². The van der Waals surface area contributed by atoms with Gasteiger partial charge in [-0.1, -0.05) is 59.0 Å². The topological polar surface area (TPSA) is 40.9 Å². The molecule has 0 saturated heterocycles. The van der Waals surface area contributed by atoms with Crippen molar-refractivity contribution in [2.24, 2.45) is 0 Å². The molecule has 0 aliphatic heterocycles. The van der Waals surface area contributed by atoms with Gasteiger partial charge in [0.2, 0.25) is 0 Å². The summed E-state index contributed by atoms with van der Waals surface area (Å²) in [5.41, 5.74) is 3.24. The third-order valence-electron chi connectivity index (χ3n) is 2.67. The fourth-order valence-corrected chi connectivity index (χ4v) is 2.19. The molecule has 0 spiro atoms.